The molecule has 1 aromatic heterocycles. The zero-order chi connectivity index (χ0) is 12.7. The first-order valence-corrected chi connectivity index (χ1v) is 6.91. The lowest BCUT2D eigenvalue weighted by atomic mass is 10.0. The molecule has 0 aliphatic heterocycles. The van der Waals surface area contributed by atoms with Gasteiger partial charge in [0.05, 0.1) is 16.7 Å². The topological polar surface area (TPSA) is 33.1 Å². The van der Waals surface area contributed by atoms with Gasteiger partial charge in [-0.05, 0) is 37.8 Å². The van der Waals surface area contributed by atoms with Crippen molar-refractivity contribution in [2.75, 3.05) is 0 Å². The number of thiazole rings is 1. The van der Waals surface area contributed by atoms with Crippen LogP contribution in [0.4, 0.5) is 4.39 Å². The average Bonchev–Trinajstić information content (AvgIpc) is 2.78. The van der Waals surface area contributed by atoms with E-state index in [2.05, 4.69) is 4.98 Å². The highest BCUT2D eigenvalue weighted by atomic mass is 32.1. The number of rotatable bonds is 1. The molecule has 2 aromatic rings. The van der Waals surface area contributed by atoms with E-state index in [9.17, 15) is 9.50 Å². The van der Waals surface area contributed by atoms with Crippen LogP contribution < -0.4 is 0 Å². The molecule has 1 heterocycles. The molecule has 2 nitrogen and oxygen atoms in total. The van der Waals surface area contributed by atoms with Gasteiger partial charge in [-0.1, -0.05) is 12.1 Å². The fraction of sp³-hybridized carbons (Fsp3) is 0.357. The van der Waals surface area contributed by atoms with E-state index in [1.54, 1.807) is 13.0 Å². The van der Waals surface area contributed by atoms with Crippen LogP contribution in [-0.4, -0.2) is 10.1 Å². The number of aliphatic hydroxyl groups excluding tert-OH is 1. The number of fused-ring (bicyclic) bond motifs is 1. The van der Waals surface area contributed by atoms with Gasteiger partial charge < -0.3 is 5.11 Å². The van der Waals surface area contributed by atoms with E-state index in [0.717, 1.165) is 40.4 Å². The summed E-state index contributed by atoms with van der Waals surface area (Å²) in [6.45, 7) is 1.75. The molecule has 0 amide bonds. The van der Waals surface area contributed by atoms with Crippen molar-refractivity contribution in [3.05, 3.63) is 40.2 Å². The molecule has 18 heavy (non-hydrogen) atoms. The number of hydrogen-bond donors (Lipinski definition) is 1. The molecule has 1 N–H and O–H groups in total. The quantitative estimate of drug-likeness (QED) is 0.852. The molecule has 1 atom stereocenters. The van der Waals surface area contributed by atoms with Gasteiger partial charge in [0.1, 0.15) is 10.8 Å². The maximum atomic E-state index is 13.6. The Morgan fingerprint density at radius 1 is 1.44 bits per heavy atom. The van der Waals surface area contributed by atoms with Crippen molar-refractivity contribution in [1.82, 2.24) is 4.98 Å². The number of aliphatic hydroxyl groups is 1. The molecular weight excluding hydrogens is 249 g/mol. The van der Waals surface area contributed by atoms with Gasteiger partial charge in [-0.15, -0.1) is 11.3 Å². The van der Waals surface area contributed by atoms with Crippen LogP contribution in [0.2, 0.25) is 0 Å². The summed E-state index contributed by atoms with van der Waals surface area (Å²) in [5.41, 5.74) is 2.42. The van der Waals surface area contributed by atoms with E-state index in [0.29, 0.717) is 5.56 Å². The van der Waals surface area contributed by atoms with Crippen LogP contribution in [0, 0.1) is 12.7 Å². The summed E-state index contributed by atoms with van der Waals surface area (Å²) in [7, 11) is 0. The molecule has 0 saturated carbocycles. The summed E-state index contributed by atoms with van der Waals surface area (Å²) in [6.07, 6.45) is 2.29. The van der Waals surface area contributed by atoms with Gasteiger partial charge in [-0.2, -0.15) is 0 Å². The molecule has 1 aliphatic carbocycles. The van der Waals surface area contributed by atoms with E-state index in [-0.39, 0.29) is 5.82 Å². The second-order valence-electron chi connectivity index (χ2n) is 4.70. The van der Waals surface area contributed by atoms with E-state index >= 15 is 0 Å². The molecule has 1 unspecified atom stereocenters. The molecule has 1 aliphatic rings. The van der Waals surface area contributed by atoms with Crippen LogP contribution in [0.5, 0.6) is 0 Å². The third-order valence-corrected chi connectivity index (χ3v) is 4.59. The molecule has 3 rings (SSSR count). The first-order chi connectivity index (χ1) is 8.65. The third-order valence-electron chi connectivity index (χ3n) is 3.34. The van der Waals surface area contributed by atoms with Gasteiger partial charge in [-0.25, -0.2) is 9.37 Å². The van der Waals surface area contributed by atoms with Gasteiger partial charge in [-0.3, -0.25) is 0 Å². The number of aromatic nitrogens is 1. The van der Waals surface area contributed by atoms with Crippen molar-refractivity contribution < 1.29 is 9.50 Å². The lowest BCUT2D eigenvalue weighted by Gasteiger charge is -2.14. The summed E-state index contributed by atoms with van der Waals surface area (Å²) >= 11 is 1.48. The Morgan fingerprint density at radius 3 is 3.00 bits per heavy atom. The Hall–Kier alpha value is -1.26. The minimum Gasteiger partial charge on any atom is -0.388 e. The maximum absolute atomic E-state index is 13.6. The Bertz CT molecular complexity index is 593. The highest BCUT2D eigenvalue weighted by Gasteiger charge is 2.23. The fourth-order valence-corrected chi connectivity index (χ4v) is 3.37. The van der Waals surface area contributed by atoms with Crippen molar-refractivity contribution in [2.24, 2.45) is 0 Å². The predicted molar refractivity (Wildman–Crippen MR) is 70.1 cm³/mol. The summed E-state index contributed by atoms with van der Waals surface area (Å²) in [6, 6.07) is 5.17. The van der Waals surface area contributed by atoms with E-state index < -0.39 is 6.10 Å². The van der Waals surface area contributed by atoms with Crippen molar-refractivity contribution in [3.8, 4) is 10.6 Å². The van der Waals surface area contributed by atoms with Crippen molar-refractivity contribution >= 4 is 11.3 Å². The average molecular weight is 263 g/mol. The monoisotopic (exact) mass is 263 g/mol. The molecule has 0 saturated heterocycles. The Balaban J connectivity index is 2.04. The van der Waals surface area contributed by atoms with Crippen LogP contribution in [0.15, 0.2) is 18.2 Å². The Kier molecular flexibility index (Phi) is 2.92. The van der Waals surface area contributed by atoms with Gasteiger partial charge >= 0.3 is 0 Å². The fourth-order valence-electron chi connectivity index (χ4n) is 2.25. The zero-order valence-electron chi connectivity index (χ0n) is 10.1. The maximum Gasteiger partial charge on any atom is 0.126 e. The third kappa shape index (κ3) is 1.95. The minimum atomic E-state index is -0.393. The molecule has 0 spiro atoms. The second kappa shape index (κ2) is 4.44. The molecule has 1 aromatic carbocycles. The predicted octanol–water partition coefficient (Wildman–Crippen LogP) is 3.63. The lowest BCUT2D eigenvalue weighted by Crippen LogP contribution is -2.06. The first-order valence-electron chi connectivity index (χ1n) is 6.09. The minimum absolute atomic E-state index is 0.207. The normalized spacial score (nSPS) is 18.7. The standard InChI is InChI=1S/C14H14FNOS/c1-8-5-6-9(7-10(8)15)14-16-11-3-2-4-12(17)13(11)18-14/h5-7,12,17H,2-4H2,1H3. The van der Waals surface area contributed by atoms with Gasteiger partial charge in [0, 0.05) is 5.56 Å². The highest BCUT2D eigenvalue weighted by Crippen LogP contribution is 2.37. The van der Waals surface area contributed by atoms with Crippen LogP contribution in [-0.2, 0) is 6.42 Å². The summed E-state index contributed by atoms with van der Waals surface area (Å²) in [5, 5.41) is 10.7. The number of nitrogens with zero attached hydrogens (tertiary/aromatic N) is 1. The number of benzene rings is 1. The van der Waals surface area contributed by atoms with E-state index in [1.165, 1.54) is 17.4 Å². The van der Waals surface area contributed by atoms with Crippen LogP contribution in [0.3, 0.4) is 0 Å². The van der Waals surface area contributed by atoms with Crippen molar-refractivity contribution in [2.45, 2.75) is 32.3 Å². The van der Waals surface area contributed by atoms with Crippen molar-refractivity contribution in [3.63, 3.8) is 0 Å². The smallest absolute Gasteiger partial charge is 0.126 e. The second-order valence-corrected chi connectivity index (χ2v) is 5.73. The molecule has 0 radical (unpaired) electrons. The number of aryl methyl sites for hydroxylation is 2. The molecule has 0 bridgehead atoms. The highest BCUT2D eigenvalue weighted by molar-refractivity contribution is 7.15. The Labute approximate surface area is 109 Å². The van der Waals surface area contributed by atoms with Crippen LogP contribution >= 0.6 is 11.3 Å². The molecule has 94 valence electrons. The zero-order valence-corrected chi connectivity index (χ0v) is 10.9. The number of hydrogen-bond acceptors (Lipinski definition) is 3. The van der Waals surface area contributed by atoms with E-state index in [4.69, 9.17) is 0 Å². The summed E-state index contributed by atoms with van der Waals surface area (Å²) < 4.78 is 13.6. The molecule has 4 heteroatoms. The number of halogens is 1. The van der Waals surface area contributed by atoms with Crippen LogP contribution in [0.1, 0.15) is 35.1 Å². The van der Waals surface area contributed by atoms with E-state index in [1.807, 2.05) is 6.07 Å². The van der Waals surface area contributed by atoms with Gasteiger partial charge in [0.2, 0.25) is 0 Å². The summed E-state index contributed by atoms with van der Waals surface area (Å²) in [5.74, 6) is -0.207. The first kappa shape index (κ1) is 11.8. The van der Waals surface area contributed by atoms with Crippen LogP contribution in [0.25, 0.3) is 10.6 Å². The van der Waals surface area contributed by atoms with Crippen molar-refractivity contribution in [1.29, 1.82) is 0 Å². The SMILES string of the molecule is Cc1ccc(-c2nc3c(s2)C(O)CCC3)cc1F. The van der Waals surface area contributed by atoms with Gasteiger partial charge in [0.15, 0.2) is 0 Å². The largest absolute Gasteiger partial charge is 0.388 e. The molecule has 0 fully saturated rings. The summed E-state index contributed by atoms with van der Waals surface area (Å²) in [4.78, 5) is 5.49. The van der Waals surface area contributed by atoms with Gasteiger partial charge in [0.25, 0.3) is 0 Å². The molecular formula is C14H14FNOS. The lowest BCUT2D eigenvalue weighted by molar-refractivity contribution is 0.160. The Morgan fingerprint density at radius 2 is 2.28 bits per heavy atom.